The number of carbonyl (C=O) groups excluding carboxylic acids is 2. The number of pyridine rings is 1. The second-order valence-electron chi connectivity index (χ2n) is 9.17. The molecule has 1 atom stereocenters. The van der Waals surface area contributed by atoms with Crippen molar-refractivity contribution in [3.8, 4) is 5.75 Å². The molecule has 1 fully saturated rings. The van der Waals surface area contributed by atoms with Crippen molar-refractivity contribution in [3.05, 3.63) is 80.2 Å². The summed E-state index contributed by atoms with van der Waals surface area (Å²) in [6.45, 7) is 0.460. The number of hydrogen-bond donors (Lipinski definition) is 1. The number of sulfone groups is 1. The number of halogens is 2. The Hall–Kier alpha value is -3.48. The standard InChI is InChI=1S/C25H23Cl2N5O6S/c26-16-3-1-4-17(27)19(16)24(35)31-10-2-5-18(31)22-29-23(34)21(33)20-25(36)30(11-12-32(20)22)13-14-39(37,38)15-6-8-28-9-7-15/h1,3-4,6-9,18,33H,2,5,10-14H2/t18-/m0/s1. The molecule has 2 aromatic heterocycles. The summed E-state index contributed by atoms with van der Waals surface area (Å²) in [5.41, 5.74) is -1.16. The van der Waals surface area contributed by atoms with E-state index in [0.717, 1.165) is 0 Å². The van der Waals surface area contributed by atoms with Crippen LogP contribution in [-0.4, -0.2) is 75.1 Å². The molecule has 204 valence electrons. The number of fused-ring (bicyclic) bond motifs is 1. The van der Waals surface area contributed by atoms with E-state index in [4.69, 9.17) is 23.2 Å². The van der Waals surface area contributed by atoms with Crippen molar-refractivity contribution in [1.29, 1.82) is 0 Å². The summed E-state index contributed by atoms with van der Waals surface area (Å²) in [7, 11) is -3.69. The maximum atomic E-state index is 13.5. The number of aromatic nitrogens is 3. The van der Waals surface area contributed by atoms with Crippen LogP contribution in [-0.2, 0) is 16.4 Å². The first-order chi connectivity index (χ1) is 18.6. The van der Waals surface area contributed by atoms with Gasteiger partial charge in [0, 0.05) is 38.6 Å². The summed E-state index contributed by atoms with van der Waals surface area (Å²) in [5.74, 6) is -2.14. The van der Waals surface area contributed by atoms with Gasteiger partial charge in [0.1, 0.15) is 5.82 Å². The number of likely N-dealkylation sites (tertiary alicyclic amines) is 1. The van der Waals surface area contributed by atoms with Gasteiger partial charge in [-0.05, 0) is 37.1 Å². The Bertz CT molecular complexity index is 1610. The fraction of sp³-hybridized carbons (Fsp3) is 0.320. The second kappa shape index (κ2) is 10.6. The molecule has 4 heterocycles. The summed E-state index contributed by atoms with van der Waals surface area (Å²) >= 11 is 12.5. The molecular weight excluding hydrogens is 569 g/mol. The van der Waals surface area contributed by atoms with Crippen LogP contribution in [0, 0.1) is 0 Å². The van der Waals surface area contributed by atoms with Gasteiger partial charge in [0.05, 0.1) is 32.3 Å². The molecule has 2 amide bonds. The lowest BCUT2D eigenvalue weighted by Gasteiger charge is -2.34. The molecule has 0 spiro atoms. The molecule has 1 aromatic carbocycles. The van der Waals surface area contributed by atoms with Gasteiger partial charge in [0.25, 0.3) is 11.8 Å². The molecule has 5 rings (SSSR count). The van der Waals surface area contributed by atoms with E-state index in [-0.39, 0.29) is 57.4 Å². The highest BCUT2D eigenvalue weighted by Gasteiger charge is 2.39. The maximum absolute atomic E-state index is 13.5. The zero-order valence-electron chi connectivity index (χ0n) is 20.5. The highest BCUT2D eigenvalue weighted by atomic mass is 35.5. The average Bonchev–Trinajstić information content (AvgIpc) is 3.40. The van der Waals surface area contributed by atoms with Crippen LogP contribution >= 0.6 is 23.2 Å². The van der Waals surface area contributed by atoms with Gasteiger partial charge in [-0.3, -0.25) is 19.4 Å². The number of hydrogen-bond acceptors (Lipinski definition) is 8. The Kier molecular flexibility index (Phi) is 7.36. The van der Waals surface area contributed by atoms with E-state index in [0.29, 0.717) is 19.4 Å². The molecule has 0 bridgehead atoms. The molecule has 0 saturated carbocycles. The van der Waals surface area contributed by atoms with Crippen molar-refractivity contribution in [2.45, 2.75) is 30.3 Å². The number of rotatable bonds is 6. The summed E-state index contributed by atoms with van der Waals surface area (Å²) in [6.07, 6.45) is 3.81. The number of benzene rings is 1. The molecule has 1 N–H and O–H groups in total. The summed E-state index contributed by atoms with van der Waals surface area (Å²) in [6, 6.07) is 6.81. The van der Waals surface area contributed by atoms with E-state index in [1.165, 1.54) is 38.9 Å². The van der Waals surface area contributed by atoms with Crippen LogP contribution in [0.4, 0.5) is 0 Å². The van der Waals surface area contributed by atoms with E-state index in [1.54, 1.807) is 18.2 Å². The lowest BCUT2D eigenvalue weighted by molar-refractivity contribution is 0.0689. The first-order valence-electron chi connectivity index (χ1n) is 12.1. The predicted molar refractivity (Wildman–Crippen MR) is 142 cm³/mol. The quantitative estimate of drug-likeness (QED) is 0.460. The number of aromatic hydroxyl groups is 1. The topological polar surface area (TPSA) is 143 Å². The SMILES string of the molecule is O=C1c2c(O)c(=O)nc([C@@H]3CCCN3C(=O)c3c(Cl)cccc3Cl)n2CCN1CCS(=O)(=O)c1ccncc1. The molecule has 2 aliphatic rings. The normalized spacial score (nSPS) is 17.4. The zero-order valence-corrected chi connectivity index (χ0v) is 22.8. The van der Waals surface area contributed by atoms with Gasteiger partial charge in [-0.25, -0.2) is 8.42 Å². The first kappa shape index (κ1) is 27.1. The van der Waals surface area contributed by atoms with Gasteiger partial charge < -0.3 is 19.5 Å². The third-order valence-corrected chi connectivity index (χ3v) is 9.24. The van der Waals surface area contributed by atoms with E-state index in [1.807, 2.05) is 0 Å². The monoisotopic (exact) mass is 591 g/mol. The minimum atomic E-state index is -3.69. The van der Waals surface area contributed by atoms with Gasteiger partial charge >= 0.3 is 5.56 Å². The smallest absolute Gasteiger partial charge is 0.315 e. The fourth-order valence-corrected chi connectivity index (χ4v) is 6.75. The predicted octanol–water partition coefficient (Wildman–Crippen LogP) is 2.56. The van der Waals surface area contributed by atoms with Crippen LogP contribution in [0.1, 0.15) is 45.6 Å². The summed E-state index contributed by atoms with van der Waals surface area (Å²) in [4.78, 5) is 50.3. The average molecular weight is 592 g/mol. The van der Waals surface area contributed by atoms with Gasteiger partial charge in [0.15, 0.2) is 15.5 Å². The molecule has 3 aromatic rings. The molecule has 39 heavy (non-hydrogen) atoms. The van der Waals surface area contributed by atoms with Crippen molar-refractivity contribution < 1.29 is 23.1 Å². The summed E-state index contributed by atoms with van der Waals surface area (Å²) < 4.78 is 26.9. The van der Waals surface area contributed by atoms with Crippen LogP contribution in [0.3, 0.4) is 0 Å². The number of amides is 2. The summed E-state index contributed by atoms with van der Waals surface area (Å²) in [5, 5.41) is 10.9. The van der Waals surface area contributed by atoms with Crippen molar-refractivity contribution >= 4 is 44.9 Å². The molecule has 0 unspecified atom stereocenters. The molecule has 1 saturated heterocycles. The van der Waals surface area contributed by atoms with Crippen LogP contribution < -0.4 is 5.56 Å². The molecular formula is C25H23Cl2N5O6S. The molecule has 14 heteroatoms. The second-order valence-corrected chi connectivity index (χ2v) is 12.1. The third kappa shape index (κ3) is 4.99. The molecule has 11 nitrogen and oxygen atoms in total. The van der Waals surface area contributed by atoms with Gasteiger partial charge in [-0.1, -0.05) is 29.3 Å². The minimum absolute atomic E-state index is 0.0810. The van der Waals surface area contributed by atoms with Crippen LogP contribution in [0.25, 0.3) is 0 Å². The zero-order chi connectivity index (χ0) is 27.9. The lowest BCUT2D eigenvalue weighted by atomic mass is 10.1. The minimum Gasteiger partial charge on any atom is -0.501 e. The van der Waals surface area contributed by atoms with Crippen molar-refractivity contribution in [1.82, 2.24) is 24.3 Å². The van der Waals surface area contributed by atoms with Gasteiger partial charge in [-0.15, -0.1) is 0 Å². The van der Waals surface area contributed by atoms with Crippen LogP contribution in [0.2, 0.25) is 10.0 Å². The van der Waals surface area contributed by atoms with E-state index in [9.17, 15) is 27.9 Å². The number of nitrogens with zero attached hydrogens (tertiary/aromatic N) is 5. The highest BCUT2D eigenvalue weighted by Crippen LogP contribution is 2.36. The van der Waals surface area contributed by atoms with Crippen molar-refractivity contribution in [2.75, 3.05) is 25.4 Å². The number of carbonyl (C=O) groups is 2. The van der Waals surface area contributed by atoms with Gasteiger partial charge in [0.2, 0.25) is 5.75 Å². The molecule has 0 radical (unpaired) electrons. The van der Waals surface area contributed by atoms with Crippen LogP contribution in [0.5, 0.6) is 5.75 Å². The van der Waals surface area contributed by atoms with E-state index >= 15 is 0 Å². The largest absolute Gasteiger partial charge is 0.501 e. The Balaban J connectivity index is 1.45. The molecule has 0 aliphatic carbocycles. The third-order valence-electron chi connectivity index (χ3n) is 6.90. The van der Waals surface area contributed by atoms with E-state index in [2.05, 4.69) is 9.97 Å². The van der Waals surface area contributed by atoms with Gasteiger partial charge in [-0.2, -0.15) is 4.98 Å². The Morgan fingerprint density at radius 2 is 1.74 bits per heavy atom. The Morgan fingerprint density at radius 1 is 1.05 bits per heavy atom. The fourth-order valence-electron chi connectivity index (χ4n) is 4.96. The Morgan fingerprint density at radius 3 is 2.44 bits per heavy atom. The Labute approximate surface area is 233 Å². The first-order valence-corrected chi connectivity index (χ1v) is 14.5. The maximum Gasteiger partial charge on any atom is 0.315 e. The highest BCUT2D eigenvalue weighted by molar-refractivity contribution is 7.91. The molecule has 2 aliphatic heterocycles. The lowest BCUT2D eigenvalue weighted by Crippen LogP contribution is -2.46. The van der Waals surface area contributed by atoms with Crippen molar-refractivity contribution in [3.63, 3.8) is 0 Å². The van der Waals surface area contributed by atoms with Crippen LogP contribution in [0.15, 0.2) is 52.4 Å². The van der Waals surface area contributed by atoms with E-state index < -0.39 is 39.0 Å². The van der Waals surface area contributed by atoms with Crippen molar-refractivity contribution in [2.24, 2.45) is 0 Å².